The molecule has 0 aliphatic heterocycles. The van der Waals surface area contributed by atoms with Gasteiger partial charge in [0.25, 0.3) is 0 Å². The molecule has 4 N–H and O–H groups in total. The molecule has 0 aliphatic carbocycles. The number of rotatable bonds is 2. The molecule has 1 heterocycles. The van der Waals surface area contributed by atoms with Gasteiger partial charge in [0.05, 0.1) is 11.4 Å². The number of benzene rings is 2. The van der Waals surface area contributed by atoms with E-state index in [-0.39, 0.29) is 0 Å². The minimum absolute atomic E-state index is 0.467. The molecule has 0 saturated heterocycles. The third-order valence-corrected chi connectivity index (χ3v) is 3.70. The lowest BCUT2D eigenvalue weighted by Gasteiger charge is -2.11. The molecule has 0 bridgehead atoms. The van der Waals surface area contributed by atoms with Crippen LogP contribution in [0.5, 0.6) is 0 Å². The van der Waals surface area contributed by atoms with Crippen LogP contribution in [0.15, 0.2) is 48.5 Å². The van der Waals surface area contributed by atoms with Gasteiger partial charge in [0.1, 0.15) is 11.4 Å². The van der Waals surface area contributed by atoms with E-state index < -0.39 is 0 Å². The van der Waals surface area contributed by atoms with Crippen LogP contribution in [0, 0.1) is 13.8 Å². The summed E-state index contributed by atoms with van der Waals surface area (Å²) in [6.45, 7) is 4.07. The van der Waals surface area contributed by atoms with Gasteiger partial charge >= 0.3 is 0 Å². The molecular formula is C18H18N4. The minimum Gasteiger partial charge on any atom is -0.395 e. The number of nitrogens with zero attached hydrogens (tertiary/aromatic N) is 2. The predicted molar refractivity (Wildman–Crippen MR) is 91.2 cm³/mol. The summed E-state index contributed by atoms with van der Waals surface area (Å²) in [6.07, 6.45) is 0. The van der Waals surface area contributed by atoms with Crippen LogP contribution in [0.2, 0.25) is 0 Å². The van der Waals surface area contributed by atoms with Crippen molar-refractivity contribution in [3.63, 3.8) is 0 Å². The van der Waals surface area contributed by atoms with Crippen molar-refractivity contribution in [1.29, 1.82) is 0 Å². The summed E-state index contributed by atoms with van der Waals surface area (Å²) in [5, 5.41) is 8.57. The van der Waals surface area contributed by atoms with Crippen LogP contribution in [0.1, 0.15) is 11.1 Å². The number of hydrogen-bond acceptors (Lipinski definition) is 4. The Hall–Kier alpha value is -2.88. The van der Waals surface area contributed by atoms with E-state index in [1.54, 1.807) is 0 Å². The Labute approximate surface area is 129 Å². The maximum Gasteiger partial charge on any atom is 0.118 e. The van der Waals surface area contributed by atoms with Gasteiger partial charge in [0.15, 0.2) is 0 Å². The molecule has 4 heteroatoms. The molecule has 0 spiro atoms. The molecule has 3 rings (SSSR count). The van der Waals surface area contributed by atoms with Crippen molar-refractivity contribution in [2.45, 2.75) is 13.8 Å². The van der Waals surface area contributed by atoms with Crippen LogP contribution in [-0.4, -0.2) is 10.2 Å². The molecule has 0 amide bonds. The quantitative estimate of drug-likeness (QED) is 0.756. The Bertz CT molecular complexity index is 735. The topological polar surface area (TPSA) is 77.8 Å². The highest BCUT2D eigenvalue weighted by Gasteiger charge is 2.14. The van der Waals surface area contributed by atoms with E-state index in [4.69, 9.17) is 11.5 Å². The largest absolute Gasteiger partial charge is 0.395 e. The predicted octanol–water partition coefficient (Wildman–Crippen LogP) is 3.59. The maximum atomic E-state index is 6.19. The first-order chi connectivity index (χ1) is 10.6. The Morgan fingerprint density at radius 3 is 1.23 bits per heavy atom. The standard InChI is InChI=1S/C18H18N4/c1-11-3-7-13(8-4-11)17-15(19)16(20)18(22-21-17)14-9-5-12(2)6-10-14/h3-10H,1-2H3,(H2,20,21)(H2,19,22). The normalized spacial score (nSPS) is 10.6. The Balaban J connectivity index is 2.08. The van der Waals surface area contributed by atoms with Gasteiger partial charge in [-0.15, -0.1) is 10.2 Å². The van der Waals surface area contributed by atoms with Crippen molar-refractivity contribution in [3.8, 4) is 22.5 Å². The lowest BCUT2D eigenvalue weighted by Crippen LogP contribution is -2.05. The Morgan fingerprint density at radius 1 is 0.591 bits per heavy atom. The van der Waals surface area contributed by atoms with Crippen LogP contribution in [0.25, 0.3) is 22.5 Å². The molecule has 0 unspecified atom stereocenters. The van der Waals surface area contributed by atoms with Crippen molar-refractivity contribution >= 4 is 11.4 Å². The second-order valence-electron chi connectivity index (χ2n) is 5.46. The lowest BCUT2D eigenvalue weighted by molar-refractivity contribution is 1.05. The van der Waals surface area contributed by atoms with Crippen LogP contribution in [-0.2, 0) is 0 Å². The van der Waals surface area contributed by atoms with Gasteiger partial charge in [-0.05, 0) is 13.8 Å². The zero-order valence-corrected chi connectivity index (χ0v) is 12.7. The van der Waals surface area contributed by atoms with E-state index in [0.29, 0.717) is 22.8 Å². The van der Waals surface area contributed by atoms with E-state index in [1.165, 1.54) is 11.1 Å². The number of nitrogen functional groups attached to an aromatic ring is 2. The SMILES string of the molecule is Cc1ccc(-c2nnc(-c3ccc(C)cc3)c(N)c2N)cc1. The molecule has 0 radical (unpaired) electrons. The number of nitrogens with two attached hydrogens (primary N) is 2. The molecule has 110 valence electrons. The highest BCUT2D eigenvalue weighted by molar-refractivity contribution is 5.89. The molecular weight excluding hydrogens is 272 g/mol. The van der Waals surface area contributed by atoms with Crippen molar-refractivity contribution in [2.24, 2.45) is 0 Å². The fraction of sp³-hybridized carbons (Fsp3) is 0.111. The summed E-state index contributed by atoms with van der Waals surface area (Å²) in [5.74, 6) is 0. The van der Waals surface area contributed by atoms with Crippen LogP contribution < -0.4 is 11.5 Å². The third kappa shape index (κ3) is 2.51. The number of aryl methyl sites for hydroxylation is 2. The number of anilines is 2. The fourth-order valence-corrected chi connectivity index (χ4v) is 2.31. The summed E-state index contributed by atoms with van der Waals surface area (Å²) in [4.78, 5) is 0. The molecule has 1 aromatic heterocycles. The number of aromatic nitrogens is 2. The molecule has 0 fully saturated rings. The smallest absolute Gasteiger partial charge is 0.118 e. The van der Waals surface area contributed by atoms with Gasteiger partial charge in [-0.2, -0.15) is 0 Å². The first-order valence-electron chi connectivity index (χ1n) is 7.12. The molecule has 22 heavy (non-hydrogen) atoms. The highest BCUT2D eigenvalue weighted by Crippen LogP contribution is 2.33. The van der Waals surface area contributed by atoms with Crippen LogP contribution in [0.3, 0.4) is 0 Å². The van der Waals surface area contributed by atoms with Crippen molar-refractivity contribution in [2.75, 3.05) is 11.5 Å². The number of hydrogen-bond donors (Lipinski definition) is 2. The third-order valence-electron chi connectivity index (χ3n) is 3.70. The summed E-state index contributed by atoms with van der Waals surface area (Å²) in [6, 6.07) is 15.9. The zero-order chi connectivity index (χ0) is 15.7. The molecule has 0 aliphatic rings. The van der Waals surface area contributed by atoms with Crippen molar-refractivity contribution in [1.82, 2.24) is 10.2 Å². The monoisotopic (exact) mass is 290 g/mol. The molecule has 0 saturated carbocycles. The van der Waals surface area contributed by atoms with Gasteiger partial charge < -0.3 is 11.5 Å². The Morgan fingerprint density at radius 2 is 0.909 bits per heavy atom. The summed E-state index contributed by atoms with van der Waals surface area (Å²) >= 11 is 0. The van der Waals surface area contributed by atoms with Gasteiger partial charge in [-0.25, -0.2) is 0 Å². The summed E-state index contributed by atoms with van der Waals surface area (Å²) < 4.78 is 0. The first-order valence-corrected chi connectivity index (χ1v) is 7.12. The van der Waals surface area contributed by atoms with E-state index >= 15 is 0 Å². The van der Waals surface area contributed by atoms with Gasteiger partial charge in [-0.1, -0.05) is 59.7 Å². The van der Waals surface area contributed by atoms with Crippen molar-refractivity contribution < 1.29 is 0 Å². The van der Waals surface area contributed by atoms with Gasteiger partial charge in [0.2, 0.25) is 0 Å². The maximum absolute atomic E-state index is 6.19. The van der Waals surface area contributed by atoms with Gasteiger partial charge in [0, 0.05) is 11.1 Å². The average molecular weight is 290 g/mol. The highest BCUT2D eigenvalue weighted by atomic mass is 15.1. The fourth-order valence-electron chi connectivity index (χ4n) is 2.31. The van der Waals surface area contributed by atoms with Crippen molar-refractivity contribution in [3.05, 3.63) is 59.7 Å². The summed E-state index contributed by atoms with van der Waals surface area (Å²) in [7, 11) is 0. The van der Waals surface area contributed by atoms with E-state index in [9.17, 15) is 0 Å². The molecule has 4 nitrogen and oxygen atoms in total. The average Bonchev–Trinajstić information content (AvgIpc) is 2.52. The lowest BCUT2D eigenvalue weighted by atomic mass is 10.0. The second-order valence-corrected chi connectivity index (χ2v) is 5.46. The minimum atomic E-state index is 0.467. The van der Waals surface area contributed by atoms with Crippen LogP contribution >= 0.6 is 0 Å². The first kappa shape index (κ1) is 14.1. The second kappa shape index (κ2) is 5.48. The van der Waals surface area contributed by atoms with E-state index in [2.05, 4.69) is 10.2 Å². The molecule has 3 aromatic rings. The Kier molecular flexibility index (Phi) is 3.51. The van der Waals surface area contributed by atoms with Gasteiger partial charge in [-0.3, -0.25) is 0 Å². The zero-order valence-electron chi connectivity index (χ0n) is 12.7. The van der Waals surface area contributed by atoms with E-state index in [0.717, 1.165) is 11.1 Å². The van der Waals surface area contributed by atoms with Crippen LogP contribution in [0.4, 0.5) is 11.4 Å². The summed E-state index contributed by atoms with van der Waals surface area (Å²) in [5.41, 5.74) is 18.7. The molecule has 0 atom stereocenters. The van der Waals surface area contributed by atoms with E-state index in [1.807, 2.05) is 62.4 Å². The molecule has 2 aromatic carbocycles.